The van der Waals surface area contributed by atoms with Crippen LogP contribution in [0.25, 0.3) is 22.1 Å². The van der Waals surface area contributed by atoms with Gasteiger partial charge in [0.15, 0.2) is 5.65 Å². The first-order valence-electron chi connectivity index (χ1n) is 7.29. The summed E-state index contributed by atoms with van der Waals surface area (Å²) in [7, 11) is 0. The van der Waals surface area contributed by atoms with Crippen LogP contribution in [-0.2, 0) is 6.42 Å². The molecule has 0 aliphatic rings. The van der Waals surface area contributed by atoms with E-state index in [0.29, 0.717) is 5.95 Å². The molecule has 4 rings (SSSR count). The average molecular weight is 289 g/mol. The third-order valence-electron chi connectivity index (χ3n) is 3.66. The lowest BCUT2D eigenvalue weighted by Crippen LogP contribution is -2.08. The van der Waals surface area contributed by atoms with Crippen LogP contribution >= 0.6 is 0 Å². The van der Waals surface area contributed by atoms with Crippen LogP contribution in [0, 0.1) is 0 Å². The van der Waals surface area contributed by atoms with Crippen LogP contribution in [0.2, 0.25) is 0 Å². The molecule has 5 nitrogen and oxygen atoms in total. The molecule has 0 saturated carbocycles. The van der Waals surface area contributed by atoms with E-state index in [-0.39, 0.29) is 0 Å². The first-order valence-corrected chi connectivity index (χ1v) is 7.29. The predicted octanol–water partition coefficient (Wildman–Crippen LogP) is 3.16. The molecule has 108 valence electrons. The first-order chi connectivity index (χ1) is 10.9. The summed E-state index contributed by atoms with van der Waals surface area (Å²) in [4.78, 5) is 7.78. The number of aromatic nitrogens is 4. The van der Waals surface area contributed by atoms with Gasteiger partial charge >= 0.3 is 0 Å². The van der Waals surface area contributed by atoms with Crippen molar-refractivity contribution in [3.8, 4) is 0 Å². The zero-order valence-corrected chi connectivity index (χ0v) is 12.0. The van der Waals surface area contributed by atoms with Crippen molar-refractivity contribution < 1.29 is 0 Å². The molecule has 0 amide bonds. The van der Waals surface area contributed by atoms with E-state index in [4.69, 9.17) is 0 Å². The van der Waals surface area contributed by atoms with E-state index >= 15 is 0 Å². The molecule has 4 aromatic rings. The minimum Gasteiger partial charge on any atom is -0.353 e. The number of hydrogen-bond donors (Lipinski definition) is 2. The van der Waals surface area contributed by atoms with Crippen molar-refractivity contribution in [1.82, 2.24) is 20.2 Å². The molecular weight excluding hydrogens is 274 g/mol. The summed E-state index contributed by atoms with van der Waals surface area (Å²) < 4.78 is 0. The van der Waals surface area contributed by atoms with Gasteiger partial charge in [-0.1, -0.05) is 48.5 Å². The highest BCUT2D eigenvalue weighted by Crippen LogP contribution is 2.21. The Morgan fingerprint density at radius 2 is 1.73 bits per heavy atom. The molecule has 0 aliphatic heterocycles. The van der Waals surface area contributed by atoms with Crippen molar-refractivity contribution in [2.45, 2.75) is 6.42 Å². The standard InChI is InChI=1S/C17H15N5/c1-2-6-12(7-3-1)10-11-18-17-20-16-15(21-22-17)13-8-4-5-9-14(13)19-16/h1-9H,10-11H2,(H2,18,19,20,22). The maximum Gasteiger partial charge on any atom is 0.244 e. The summed E-state index contributed by atoms with van der Waals surface area (Å²) in [5, 5.41) is 12.7. The van der Waals surface area contributed by atoms with Gasteiger partial charge in [-0.3, -0.25) is 0 Å². The predicted molar refractivity (Wildman–Crippen MR) is 87.8 cm³/mol. The molecule has 0 fully saturated rings. The van der Waals surface area contributed by atoms with E-state index in [1.165, 1.54) is 5.56 Å². The molecule has 0 bridgehead atoms. The van der Waals surface area contributed by atoms with Crippen LogP contribution in [0.3, 0.4) is 0 Å². The molecule has 2 aromatic carbocycles. The number of aromatic amines is 1. The zero-order valence-electron chi connectivity index (χ0n) is 12.0. The van der Waals surface area contributed by atoms with Crippen LogP contribution in [-0.4, -0.2) is 26.7 Å². The fourth-order valence-electron chi connectivity index (χ4n) is 2.56. The van der Waals surface area contributed by atoms with E-state index in [1.54, 1.807) is 0 Å². The molecule has 2 N–H and O–H groups in total. The van der Waals surface area contributed by atoms with Gasteiger partial charge in [0.05, 0.1) is 0 Å². The Bertz CT molecular complexity index is 914. The third kappa shape index (κ3) is 2.37. The zero-order chi connectivity index (χ0) is 14.8. The van der Waals surface area contributed by atoms with Gasteiger partial charge in [-0.2, -0.15) is 4.98 Å². The normalized spacial score (nSPS) is 11.1. The van der Waals surface area contributed by atoms with Gasteiger partial charge in [0.25, 0.3) is 0 Å². The van der Waals surface area contributed by atoms with E-state index in [0.717, 1.165) is 35.0 Å². The molecule has 2 heterocycles. The molecule has 22 heavy (non-hydrogen) atoms. The quantitative estimate of drug-likeness (QED) is 0.605. The monoisotopic (exact) mass is 289 g/mol. The second-order valence-electron chi connectivity index (χ2n) is 5.17. The van der Waals surface area contributed by atoms with Crippen molar-refractivity contribution >= 4 is 28.0 Å². The Morgan fingerprint density at radius 3 is 2.64 bits per heavy atom. The van der Waals surface area contributed by atoms with Crippen LogP contribution in [0.15, 0.2) is 54.6 Å². The Kier molecular flexibility index (Phi) is 3.16. The van der Waals surface area contributed by atoms with E-state index in [1.807, 2.05) is 42.5 Å². The number of nitrogens with one attached hydrogen (secondary N) is 2. The van der Waals surface area contributed by atoms with Gasteiger partial charge in [-0.15, -0.1) is 10.2 Å². The van der Waals surface area contributed by atoms with Crippen molar-refractivity contribution in [3.05, 3.63) is 60.2 Å². The second-order valence-corrected chi connectivity index (χ2v) is 5.17. The first kappa shape index (κ1) is 12.8. The highest BCUT2D eigenvalue weighted by molar-refractivity contribution is 6.03. The number of para-hydroxylation sites is 1. The van der Waals surface area contributed by atoms with Crippen molar-refractivity contribution in [2.75, 3.05) is 11.9 Å². The fraction of sp³-hybridized carbons (Fsp3) is 0.118. The Hall–Kier alpha value is -2.95. The maximum absolute atomic E-state index is 4.50. The minimum atomic E-state index is 0.551. The smallest absolute Gasteiger partial charge is 0.244 e. The Labute approximate surface area is 127 Å². The van der Waals surface area contributed by atoms with Gasteiger partial charge < -0.3 is 10.3 Å². The maximum atomic E-state index is 4.50. The third-order valence-corrected chi connectivity index (χ3v) is 3.66. The molecule has 0 unspecified atom stereocenters. The number of fused-ring (bicyclic) bond motifs is 3. The summed E-state index contributed by atoms with van der Waals surface area (Å²) in [6.45, 7) is 0.775. The van der Waals surface area contributed by atoms with Crippen LogP contribution in [0.1, 0.15) is 5.56 Å². The topological polar surface area (TPSA) is 66.5 Å². The van der Waals surface area contributed by atoms with Gasteiger partial charge in [0, 0.05) is 17.4 Å². The van der Waals surface area contributed by atoms with Crippen LogP contribution in [0.5, 0.6) is 0 Å². The average Bonchev–Trinajstić information content (AvgIpc) is 2.93. The summed E-state index contributed by atoms with van der Waals surface area (Å²) in [5.41, 5.74) is 3.89. The number of benzene rings is 2. The summed E-state index contributed by atoms with van der Waals surface area (Å²) in [6.07, 6.45) is 0.926. The van der Waals surface area contributed by atoms with Gasteiger partial charge in [0.2, 0.25) is 5.95 Å². The van der Waals surface area contributed by atoms with Gasteiger partial charge in [0.1, 0.15) is 5.52 Å². The van der Waals surface area contributed by atoms with Crippen LogP contribution in [0.4, 0.5) is 5.95 Å². The Balaban J connectivity index is 1.54. The molecular formula is C17H15N5. The molecule has 0 atom stereocenters. The lowest BCUT2D eigenvalue weighted by Gasteiger charge is -2.03. The van der Waals surface area contributed by atoms with Gasteiger partial charge in [-0.05, 0) is 18.1 Å². The number of hydrogen-bond acceptors (Lipinski definition) is 4. The number of nitrogens with zero attached hydrogens (tertiary/aromatic N) is 3. The van der Waals surface area contributed by atoms with E-state index in [2.05, 4.69) is 37.6 Å². The SMILES string of the molecule is c1ccc(CCNc2nnc3c(n2)[nH]c2ccccc23)cc1. The van der Waals surface area contributed by atoms with Crippen molar-refractivity contribution in [2.24, 2.45) is 0 Å². The lowest BCUT2D eigenvalue weighted by atomic mass is 10.1. The largest absolute Gasteiger partial charge is 0.353 e. The van der Waals surface area contributed by atoms with Gasteiger partial charge in [-0.25, -0.2) is 0 Å². The second kappa shape index (κ2) is 5.44. The highest BCUT2D eigenvalue weighted by Gasteiger charge is 2.08. The molecule has 0 aliphatic carbocycles. The number of H-pyrrole nitrogens is 1. The van der Waals surface area contributed by atoms with Crippen LogP contribution < -0.4 is 5.32 Å². The molecule has 0 saturated heterocycles. The van der Waals surface area contributed by atoms with Crippen molar-refractivity contribution in [3.63, 3.8) is 0 Å². The Morgan fingerprint density at radius 1 is 0.909 bits per heavy atom. The molecule has 5 heteroatoms. The lowest BCUT2D eigenvalue weighted by molar-refractivity contribution is 0.951. The van der Waals surface area contributed by atoms with E-state index in [9.17, 15) is 0 Å². The summed E-state index contributed by atoms with van der Waals surface area (Å²) >= 11 is 0. The molecule has 2 aromatic heterocycles. The highest BCUT2D eigenvalue weighted by atomic mass is 15.2. The summed E-state index contributed by atoms with van der Waals surface area (Å²) in [5.74, 6) is 0.551. The summed E-state index contributed by atoms with van der Waals surface area (Å²) in [6, 6.07) is 18.4. The van der Waals surface area contributed by atoms with E-state index < -0.39 is 0 Å². The fourth-order valence-corrected chi connectivity index (χ4v) is 2.56. The van der Waals surface area contributed by atoms with Crippen molar-refractivity contribution in [1.29, 1.82) is 0 Å². The minimum absolute atomic E-state index is 0.551. The number of anilines is 1. The number of rotatable bonds is 4. The molecule has 0 spiro atoms. The molecule has 0 radical (unpaired) electrons.